The third kappa shape index (κ3) is 5.68. The van der Waals surface area contributed by atoms with Crippen molar-refractivity contribution in [2.75, 3.05) is 4.90 Å². The van der Waals surface area contributed by atoms with E-state index in [1.165, 1.54) is 21.5 Å². The van der Waals surface area contributed by atoms with Crippen LogP contribution >= 0.6 is 0 Å². The van der Waals surface area contributed by atoms with Crippen molar-refractivity contribution in [1.29, 1.82) is 0 Å². The van der Waals surface area contributed by atoms with E-state index >= 15 is 0 Å². The number of rotatable bonds is 5. The highest BCUT2D eigenvalue weighted by Gasteiger charge is 2.16. The van der Waals surface area contributed by atoms with E-state index in [1.54, 1.807) is 0 Å². The summed E-state index contributed by atoms with van der Waals surface area (Å²) in [5.74, 6) is 0. The van der Waals surface area contributed by atoms with Gasteiger partial charge in [0.05, 0.1) is 0 Å². The van der Waals surface area contributed by atoms with E-state index < -0.39 is 0 Å². The maximum atomic E-state index is 6.91. The zero-order chi connectivity index (χ0) is 37.7. The maximum Gasteiger partial charge on any atom is 0.177 e. The van der Waals surface area contributed by atoms with Gasteiger partial charge in [-0.25, -0.2) is 0 Å². The van der Waals surface area contributed by atoms with Crippen molar-refractivity contribution < 1.29 is 8.83 Å². The molecule has 1 heterocycles. The molecule has 0 bridgehead atoms. The number of fused-ring (bicyclic) bond motifs is 10. The van der Waals surface area contributed by atoms with E-state index in [0.717, 1.165) is 60.9 Å². The van der Waals surface area contributed by atoms with Gasteiger partial charge in [-0.05, 0) is 120 Å². The molecule has 0 radical (unpaired) electrons. The normalized spacial score (nSPS) is 11.5. The first-order chi connectivity index (χ1) is 28.3. The second kappa shape index (κ2) is 13.6. The quantitative estimate of drug-likeness (QED) is 0.165. The van der Waals surface area contributed by atoms with Crippen LogP contribution in [-0.2, 0) is 0 Å². The minimum Gasteiger partial charge on any atom is -0.449 e. The molecule has 3 heteroatoms. The van der Waals surface area contributed by atoms with E-state index in [9.17, 15) is 0 Å². The van der Waals surface area contributed by atoms with Crippen molar-refractivity contribution in [1.82, 2.24) is 0 Å². The summed E-state index contributed by atoms with van der Waals surface area (Å²) < 4.78 is 13.7. The molecule has 0 atom stereocenters. The molecular formula is C54H35NO2. The van der Waals surface area contributed by atoms with Gasteiger partial charge in [-0.3, -0.25) is 0 Å². The summed E-state index contributed by atoms with van der Waals surface area (Å²) in [7, 11) is 0. The van der Waals surface area contributed by atoms with Crippen LogP contribution in [-0.4, -0.2) is 0 Å². The molecule has 0 saturated heterocycles. The predicted molar refractivity (Wildman–Crippen MR) is 239 cm³/mol. The Morgan fingerprint density at radius 1 is 0.263 bits per heavy atom. The van der Waals surface area contributed by atoms with Gasteiger partial charge in [-0.1, -0.05) is 152 Å². The summed E-state index contributed by atoms with van der Waals surface area (Å²) in [6.45, 7) is 0. The molecule has 57 heavy (non-hydrogen) atoms. The minimum atomic E-state index is 0.696. The second-order valence-corrected chi connectivity index (χ2v) is 14.5. The zero-order valence-electron chi connectivity index (χ0n) is 31.0. The fourth-order valence-corrected chi connectivity index (χ4v) is 8.45. The largest absolute Gasteiger partial charge is 0.449 e. The molecule has 268 valence electrons. The summed E-state index contributed by atoms with van der Waals surface area (Å²) in [6.07, 6.45) is 0. The Hall–Kier alpha value is -7.62. The van der Waals surface area contributed by atoms with Crippen molar-refractivity contribution in [3.05, 3.63) is 212 Å². The number of para-hydroxylation sites is 3. The average Bonchev–Trinajstić information content (AvgIpc) is 3.28. The fraction of sp³-hybridized carbons (Fsp3) is 0. The number of hydrogen-bond acceptors (Lipinski definition) is 3. The molecule has 0 saturated carbocycles. The molecule has 0 aliphatic rings. The molecule has 0 aliphatic carbocycles. The Labute approximate surface area is 329 Å². The van der Waals surface area contributed by atoms with Gasteiger partial charge in [0.25, 0.3) is 0 Å². The predicted octanol–water partition coefficient (Wildman–Crippen LogP) is 15.7. The Balaban J connectivity index is 1.05. The standard InChI is InChI=1S/C54H35NO2/c1-3-17-39(18-4-1)55(40-19-5-2-6-20-40)41-31-29-36(30-32-41)37-15-13-16-38(33-37)42-27-14-28-51-54(42)57-53-35-50-48-26-12-10-24-46(48)44-22-8-7-21-43(44)45-23-9-11-25-47(45)49(50)34-52(53)56-51/h1-35H. The highest BCUT2D eigenvalue weighted by Crippen LogP contribution is 2.40. The zero-order valence-corrected chi connectivity index (χ0v) is 31.0. The number of hydrogen-bond donors (Lipinski definition) is 0. The lowest BCUT2D eigenvalue weighted by Gasteiger charge is -2.25. The summed E-state index contributed by atoms with van der Waals surface area (Å²) in [6, 6.07) is 74.9. The summed E-state index contributed by atoms with van der Waals surface area (Å²) in [5.41, 5.74) is 10.4. The lowest BCUT2D eigenvalue weighted by Crippen LogP contribution is -2.09. The molecular weight excluding hydrogens is 695 g/mol. The first-order valence-electron chi connectivity index (χ1n) is 19.3. The van der Waals surface area contributed by atoms with Gasteiger partial charge in [0.2, 0.25) is 0 Å². The minimum absolute atomic E-state index is 0.696. The van der Waals surface area contributed by atoms with E-state index in [4.69, 9.17) is 8.83 Å². The van der Waals surface area contributed by atoms with Crippen molar-refractivity contribution in [2.45, 2.75) is 0 Å². The highest BCUT2D eigenvalue weighted by molar-refractivity contribution is 6.26. The molecule has 0 unspecified atom stereocenters. The van der Waals surface area contributed by atoms with Crippen molar-refractivity contribution in [3.63, 3.8) is 0 Å². The van der Waals surface area contributed by atoms with Gasteiger partial charge in [-0.15, -0.1) is 0 Å². The second-order valence-electron chi connectivity index (χ2n) is 14.5. The molecule has 11 aromatic rings. The van der Waals surface area contributed by atoms with Crippen LogP contribution in [0.3, 0.4) is 0 Å². The summed E-state index contributed by atoms with van der Waals surface area (Å²) >= 11 is 0. The van der Waals surface area contributed by atoms with Crippen LogP contribution in [0.1, 0.15) is 0 Å². The van der Waals surface area contributed by atoms with Crippen molar-refractivity contribution in [3.8, 4) is 22.3 Å². The van der Waals surface area contributed by atoms with Crippen LogP contribution in [0.25, 0.3) is 87.7 Å². The number of anilines is 3. The van der Waals surface area contributed by atoms with E-state index in [2.05, 4.69) is 205 Å². The Morgan fingerprint density at radius 3 is 1.25 bits per heavy atom. The fourth-order valence-electron chi connectivity index (χ4n) is 8.45. The lowest BCUT2D eigenvalue weighted by atomic mass is 9.94. The van der Waals surface area contributed by atoms with Crippen LogP contribution in [0, 0.1) is 0 Å². The molecule has 0 N–H and O–H groups in total. The third-order valence-corrected chi connectivity index (χ3v) is 11.1. The first-order valence-corrected chi connectivity index (χ1v) is 19.3. The third-order valence-electron chi connectivity index (χ3n) is 11.1. The monoisotopic (exact) mass is 729 g/mol. The van der Waals surface area contributed by atoms with Crippen LogP contribution in [0.4, 0.5) is 17.1 Å². The van der Waals surface area contributed by atoms with Gasteiger partial charge in [0, 0.05) is 22.6 Å². The van der Waals surface area contributed by atoms with E-state index in [-0.39, 0.29) is 0 Å². The number of nitrogens with zero attached hydrogens (tertiary/aromatic N) is 1. The van der Waals surface area contributed by atoms with Crippen molar-refractivity contribution in [2.24, 2.45) is 0 Å². The Kier molecular flexibility index (Phi) is 7.82. The Bertz CT molecular complexity index is 3300. The highest BCUT2D eigenvalue weighted by atomic mass is 16.4. The summed E-state index contributed by atoms with van der Waals surface area (Å²) in [4.78, 5) is 2.28. The Morgan fingerprint density at radius 2 is 0.702 bits per heavy atom. The molecule has 1 aromatic heterocycles. The van der Waals surface area contributed by atoms with E-state index in [0.29, 0.717) is 22.3 Å². The van der Waals surface area contributed by atoms with Crippen LogP contribution in [0.5, 0.6) is 0 Å². The molecule has 11 rings (SSSR count). The van der Waals surface area contributed by atoms with Crippen LogP contribution in [0.15, 0.2) is 221 Å². The van der Waals surface area contributed by atoms with Crippen LogP contribution < -0.4 is 4.90 Å². The van der Waals surface area contributed by atoms with Gasteiger partial charge in [0.15, 0.2) is 22.3 Å². The molecule has 0 fully saturated rings. The molecule has 0 aliphatic heterocycles. The summed E-state index contributed by atoms with van der Waals surface area (Å²) in [5, 5.41) is 9.38. The molecule has 0 spiro atoms. The van der Waals surface area contributed by atoms with Gasteiger partial charge in [-0.2, -0.15) is 0 Å². The topological polar surface area (TPSA) is 29.5 Å². The van der Waals surface area contributed by atoms with Gasteiger partial charge < -0.3 is 13.7 Å². The van der Waals surface area contributed by atoms with Gasteiger partial charge in [0.1, 0.15) is 0 Å². The first kappa shape index (κ1) is 32.8. The smallest absolute Gasteiger partial charge is 0.177 e. The van der Waals surface area contributed by atoms with Crippen molar-refractivity contribution >= 4 is 82.5 Å². The molecule has 10 aromatic carbocycles. The van der Waals surface area contributed by atoms with E-state index in [1.807, 2.05) is 12.1 Å². The molecule has 3 nitrogen and oxygen atoms in total. The SMILES string of the molecule is c1ccc(N(c2ccccc2)c2ccc(-c3cccc(-c4cccc5oc6cc7c8ccccc8c8ccccc8c8ccccc8c7cc6oc45)c3)cc2)cc1. The molecule has 0 amide bonds. The number of benzene rings is 9. The average molecular weight is 730 g/mol. The van der Waals surface area contributed by atoms with Crippen LogP contribution in [0.2, 0.25) is 0 Å². The maximum absolute atomic E-state index is 6.91. The lowest BCUT2D eigenvalue weighted by molar-refractivity contribution is 0.583. The van der Waals surface area contributed by atoms with Gasteiger partial charge >= 0.3 is 0 Å².